The number of hydrogen-bond acceptors (Lipinski definition) is 2. The van der Waals surface area contributed by atoms with Gasteiger partial charge in [-0.15, -0.1) is 0 Å². The van der Waals surface area contributed by atoms with E-state index in [4.69, 9.17) is 0 Å². The lowest BCUT2D eigenvalue weighted by Gasteiger charge is -2.20. The maximum atomic E-state index is 11.4. The Morgan fingerprint density at radius 1 is 1.24 bits per heavy atom. The molecule has 0 amide bonds. The minimum absolute atomic E-state index is 0.453. The topological polar surface area (TPSA) is 17.1 Å². The summed E-state index contributed by atoms with van der Waals surface area (Å²) in [6.07, 6.45) is 3.89. The second kappa shape index (κ2) is 5.72. The van der Waals surface area contributed by atoms with Crippen molar-refractivity contribution in [1.29, 1.82) is 0 Å². The van der Waals surface area contributed by atoms with Crippen LogP contribution in [0.2, 0.25) is 0 Å². The van der Waals surface area contributed by atoms with Gasteiger partial charge in [-0.05, 0) is 32.3 Å². The molecule has 1 aromatic rings. The van der Waals surface area contributed by atoms with Crippen LogP contribution in [0.4, 0.5) is 0 Å². The molecule has 1 unspecified atom stereocenters. The Balaban J connectivity index is 1.90. The molecule has 0 N–H and O–H groups in total. The van der Waals surface area contributed by atoms with Gasteiger partial charge < -0.3 is 0 Å². The molecule has 1 aliphatic rings. The van der Waals surface area contributed by atoms with Crippen molar-refractivity contribution in [2.45, 2.75) is 50.5 Å². The molecule has 1 aromatic carbocycles. The average molecular weight is 248 g/mol. The number of ketones is 1. The third-order valence-corrected chi connectivity index (χ3v) is 4.58. The number of thioether (sulfide) groups is 1. The highest BCUT2D eigenvalue weighted by Gasteiger charge is 2.19. The van der Waals surface area contributed by atoms with Gasteiger partial charge in [-0.25, -0.2) is 0 Å². The lowest BCUT2D eigenvalue weighted by molar-refractivity contribution is -0.120. The summed E-state index contributed by atoms with van der Waals surface area (Å²) in [5.41, 5.74) is 4.06. The summed E-state index contributed by atoms with van der Waals surface area (Å²) in [4.78, 5) is 11.4. The van der Waals surface area contributed by atoms with Crippen LogP contribution in [0.3, 0.4) is 0 Å². The molecule has 1 fully saturated rings. The molecule has 0 aromatic heterocycles. The Hall–Kier alpha value is -0.760. The van der Waals surface area contributed by atoms with E-state index in [1.165, 1.54) is 23.1 Å². The van der Waals surface area contributed by atoms with Crippen LogP contribution in [-0.2, 0) is 10.5 Å². The first-order chi connectivity index (χ1) is 8.13. The monoisotopic (exact) mass is 248 g/mol. The first-order valence-corrected chi connectivity index (χ1v) is 7.39. The van der Waals surface area contributed by atoms with Crippen LogP contribution >= 0.6 is 11.8 Å². The summed E-state index contributed by atoms with van der Waals surface area (Å²) < 4.78 is 0. The van der Waals surface area contributed by atoms with Crippen LogP contribution in [0.25, 0.3) is 0 Å². The fourth-order valence-electron chi connectivity index (χ4n) is 2.49. The fourth-order valence-corrected chi connectivity index (χ4v) is 3.73. The average Bonchev–Trinajstić information content (AvgIpc) is 2.25. The van der Waals surface area contributed by atoms with Crippen molar-refractivity contribution in [3.05, 3.63) is 34.9 Å². The highest BCUT2D eigenvalue weighted by atomic mass is 32.2. The number of benzene rings is 1. The Bertz CT molecular complexity index is 391. The quantitative estimate of drug-likeness (QED) is 0.802. The van der Waals surface area contributed by atoms with E-state index in [-0.39, 0.29) is 0 Å². The van der Waals surface area contributed by atoms with Crippen molar-refractivity contribution in [3.8, 4) is 0 Å². The van der Waals surface area contributed by atoms with Crippen molar-refractivity contribution in [2.75, 3.05) is 0 Å². The van der Waals surface area contributed by atoms with E-state index in [0.717, 1.165) is 25.0 Å². The first kappa shape index (κ1) is 12.7. The number of Topliss-reactive ketones (excluding diaryl/α,β-unsaturated/α-hetero) is 1. The van der Waals surface area contributed by atoms with E-state index in [0.29, 0.717) is 11.0 Å². The van der Waals surface area contributed by atoms with Crippen molar-refractivity contribution >= 4 is 17.5 Å². The van der Waals surface area contributed by atoms with Gasteiger partial charge in [0.25, 0.3) is 0 Å². The van der Waals surface area contributed by atoms with Gasteiger partial charge in [0.15, 0.2) is 0 Å². The van der Waals surface area contributed by atoms with Crippen LogP contribution < -0.4 is 0 Å². The minimum atomic E-state index is 0.453. The molecule has 2 heteroatoms. The Kier molecular flexibility index (Phi) is 4.27. The van der Waals surface area contributed by atoms with Crippen LogP contribution in [-0.4, -0.2) is 11.0 Å². The minimum Gasteiger partial charge on any atom is -0.300 e. The number of hydrogen-bond donors (Lipinski definition) is 0. The summed E-state index contributed by atoms with van der Waals surface area (Å²) in [5, 5.41) is 0.553. The van der Waals surface area contributed by atoms with Crippen molar-refractivity contribution in [3.63, 3.8) is 0 Å². The molecule has 0 saturated heterocycles. The van der Waals surface area contributed by atoms with E-state index in [1.807, 2.05) is 11.8 Å². The van der Waals surface area contributed by atoms with Crippen LogP contribution in [0.5, 0.6) is 0 Å². The third kappa shape index (κ3) is 3.88. The SMILES string of the molecule is Cc1cc(C)cc(CSC2CCCC(=O)C2)c1. The number of carbonyl (C=O) groups is 1. The number of aryl methyl sites for hydroxylation is 2. The predicted octanol–water partition coefficient (Wildman–Crippen LogP) is 4.05. The van der Waals surface area contributed by atoms with Gasteiger partial charge in [-0.2, -0.15) is 11.8 Å². The molecule has 1 saturated carbocycles. The summed E-state index contributed by atoms with van der Waals surface area (Å²) in [6.45, 7) is 4.29. The zero-order valence-corrected chi connectivity index (χ0v) is 11.5. The smallest absolute Gasteiger partial charge is 0.134 e. The van der Waals surface area contributed by atoms with Crippen LogP contribution in [0.1, 0.15) is 42.4 Å². The Morgan fingerprint density at radius 3 is 2.59 bits per heavy atom. The van der Waals surface area contributed by atoms with E-state index in [1.54, 1.807) is 0 Å². The van der Waals surface area contributed by atoms with E-state index < -0.39 is 0 Å². The molecule has 0 aliphatic heterocycles. The Morgan fingerprint density at radius 2 is 1.94 bits per heavy atom. The summed E-state index contributed by atoms with van der Waals surface area (Å²) >= 11 is 1.95. The summed E-state index contributed by atoms with van der Waals surface area (Å²) in [5.74, 6) is 1.50. The molecule has 0 radical (unpaired) electrons. The maximum Gasteiger partial charge on any atom is 0.134 e. The third-order valence-electron chi connectivity index (χ3n) is 3.20. The molecular formula is C15H20OS. The first-order valence-electron chi connectivity index (χ1n) is 6.34. The van der Waals surface area contributed by atoms with E-state index >= 15 is 0 Å². The number of rotatable bonds is 3. The predicted molar refractivity (Wildman–Crippen MR) is 74.5 cm³/mol. The zero-order valence-electron chi connectivity index (χ0n) is 10.7. The van der Waals surface area contributed by atoms with Crippen molar-refractivity contribution < 1.29 is 4.79 Å². The lowest BCUT2D eigenvalue weighted by atomic mass is 9.99. The van der Waals surface area contributed by atoms with Crippen LogP contribution in [0.15, 0.2) is 18.2 Å². The second-order valence-electron chi connectivity index (χ2n) is 5.06. The number of carbonyl (C=O) groups excluding carboxylic acids is 1. The van der Waals surface area contributed by atoms with Gasteiger partial charge in [0, 0.05) is 23.8 Å². The highest BCUT2D eigenvalue weighted by Crippen LogP contribution is 2.29. The zero-order chi connectivity index (χ0) is 12.3. The normalized spacial score (nSPS) is 20.6. The molecule has 17 heavy (non-hydrogen) atoms. The van der Waals surface area contributed by atoms with Gasteiger partial charge in [0.05, 0.1) is 0 Å². The fraction of sp³-hybridized carbons (Fsp3) is 0.533. The largest absolute Gasteiger partial charge is 0.300 e. The van der Waals surface area contributed by atoms with E-state index in [9.17, 15) is 4.79 Å². The van der Waals surface area contributed by atoms with E-state index in [2.05, 4.69) is 32.0 Å². The molecule has 0 bridgehead atoms. The maximum absolute atomic E-state index is 11.4. The standard InChI is InChI=1S/C15H20OS/c1-11-6-12(2)8-13(7-11)10-17-15-5-3-4-14(16)9-15/h6-8,15H,3-5,9-10H2,1-2H3. The van der Waals surface area contributed by atoms with Crippen molar-refractivity contribution in [2.24, 2.45) is 0 Å². The molecule has 1 nitrogen and oxygen atoms in total. The Labute approximate surface area is 108 Å². The van der Waals surface area contributed by atoms with Crippen LogP contribution in [0, 0.1) is 13.8 Å². The molecule has 0 heterocycles. The molecule has 1 atom stereocenters. The van der Waals surface area contributed by atoms with Gasteiger partial charge in [0.1, 0.15) is 5.78 Å². The van der Waals surface area contributed by atoms with Gasteiger partial charge in [-0.3, -0.25) is 4.79 Å². The van der Waals surface area contributed by atoms with Crippen molar-refractivity contribution in [1.82, 2.24) is 0 Å². The molecular weight excluding hydrogens is 228 g/mol. The summed E-state index contributed by atoms with van der Waals surface area (Å²) in [7, 11) is 0. The molecule has 0 spiro atoms. The highest BCUT2D eigenvalue weighted by molar-refractivity contribution is 7.99. The summed E-state index contributed by atoms with van der Waals surface area (Å²) in [6, 6.07) is 6.72. The lowest BCUT2D eigenvalue weighted by Crippen LogP contribution is -2.16. The van der Waals surface area contributed by atoms with Gasteiger partial charge in [0.2, 0.25) is 0 Å². The molecule has 1 aliphatic carbocycles. The molecule has 92 valence electrons. The van der Waals surface area contributed by atoms with Gasteiger partial charge >= 0.3 is 0 Å². The molecule has 2 rings (SSSR count). The van der Waals surface area contributed by atoms with Gasteiger partial charge in [-0.1, -0.05) is 29.3 Å². The second-order valence-corrected chi connectivity index (χ2v) is 6.35.